The number of carboxylic acids is 1. The number of hydrogen-bond acceptors (Lipinski definition) is 3. The lowest BCUT2D eigenvalue weighted by atomic mass is 10.1. The molecule has 1 N–H and O–H groups in total. The maximum Gasteiger partial charge on any atom is 0.322 e. The summed E-state index contributed by atoms with van der Waals surface area (Å²) in [5.74, 6) is -0.859. The molecule has 0 aromatic carbocycles. The predicted octanol–water partition coefficient (Wildman–Crippen LogP) is 1.54. The van der Waals surface area contributed by atoms with Gasteiger partial charge in [0.2, 0.25) is 0 Å². The second-order valence-corrected chi connectivity index (χ2v) is 7.86. The van der Waals surface area contributed by atoms with Crippen LogP contribution in [0.3, 0.4) is 0 Å². The van der Waals surface area contributed by atoms with Crippen molar-refractivity contribution in [1.29, 1.82) is 0 Å². The third-order valence-electron chi connectivity index (χ3n) is 3.45. The molecule has 0 aromatic rings. The minimum Gasteiger partial charge on any atom is -0.480 e. The van der Waals surface area contributed by atoms with E-state index in [0.717, 1.165) is 12.8 Å². The van der Waals surface area contributed by atoms with Crippen molar-refractivity contribution in [3.63, 3.8) is 0 Å². The Hall–Kier alpha value is -0.660. The Morgan fingerprint density at radius 2 is 1.90 bits per heavy atom. The Kier molecular flexibility index (Phi) is 5.97. The fourth-order valence-corrected chi connectivity index (χ4v) is 4.66. The number of aliphatic carboxylic acids is 1. The van der Waals surface area contributed by atoms with Crippen molar-refractivity contribution < 1.29 is 18.3 Å². The average molecular weight is 306 g/mol. The molecule has 20 heavy (non-hydrogen) atoms. The maximum atomic E-state index is 12.8. The molecule has 1 saturated heterocycles. The van der Waals surface area contributed by atoms with Gasteiger partial charge in [0.25, 0.3) is 10.2 Å². The molecule has 1 rings (SSSR count). The Morgan fingerprint density at radius 1 is 1.30 bits per heavy atom. The zero-order valence-electron chi connectivity index (χ0n) is 12.7. The topological polar surface area (TPSA) is 77.9 Å². The van der Waals surface area contributed by atoms with E-state index in [4.69, 9.17) is 0 Å². The van der Waals surface area contributed by atoms with E-state index in [1.54, 1.807) is 0 Å². The lowest BCUT2D eigenvalue weighted by Gasteiger charge is -2.38. The Balaban J connectivity index is 3.07. The molecule has 1 heterocycles. The van der Waals surface area contributed by atoms with Gasteiger partial charge < -0.3 is 5.11 Å². The second-order valence-electron chi connectivity index (χ2n) is 6.03. The smallest absolute Gasteiger partial charge is 0.322 e. The minimum absolute atomic E-state index is 0.182. The van der Waals surface area contributed by atoms with Gasteiger partial charge in [0, 0.05) is 19.1 Å². The van der Waals surface area contributed by atoms with Gasteiger partial charge in [-0.2, -0.15) is 17.0 Å². The summed E-state index contributed by atoms with van der Waals surface area (Å²) in [4.78, 5) is 11.3. The highest BCUT2D eigenvalue weighted by Gasteiger charge is 2.40. The Morgan fingerprint density at radius 3 is 2.35 bits per heavy atom. The molecule has 0 aliphatic carbocycles. The van der Waals surface area contributed by atoms with Crippen LogP contribution in [0.1, 0.15) is 47.0 Å². The first-order chi connectivity index (χ1) is 9.17. The van der Waals surface area contributed by atoms with E-state index in [9.17, 15) is 18.3 Å². The summed E-state index contributed by atoms with van der Waals surface area (Å²) in [7, 11) is -3.73. The SMILES string of the molecule is CC(C)CN(C(C)C)S(=O)(=O)N1CCCCC1C(=O)O. The fraction of sp³-hybridized carbons (Fsp3) is 0.923. The van der Waals surface area contributed by atoms with Crippen molar-refractivity contribution in [2.75, 3.05) is 13.1 Å². The molecular weight excluding hydrogens is 280 g/mol. The van der Waals surface area contributed by atoms with Crippen LogP contribution in [0.2, 0.25) is 0 Å². The van der Waals surface area contributed by atoms with Crippen LogP contribution in [-0.2, 0) is 15.0 Å². The largest absolute Gasteiger partial charge is 0.480 e. The summed E-state index contributed by atoms with van der Waals surface area (Å²) in [5.41, 5.74) is 0. The molecule has 0 spiro atoms. The van der Waals surface area contributed by atoms with E-state index in [1.807, 2.05) is 27.7 Å². The van der Waals surface area contributed by atoms with E-state index >= 15 is 0 Å². The van der Waals surface area contributed by atoms with Crippen molar-refractivity contribution in [3.8, 4) is 0 Å². The molecule has 0 radical (unpaired) electrons. The van der Waals surface area contributed by atoms with Crippen LogP contribution in [0.5, 0.6) is 0 Å². The Bertz CT molecular complexity index is 434. The third-order valence-corrected chi connectivity index (χ3v) is 5.65. The first kappa shape index (κ1) is 17.4. The van der Waals surface area contributed by atoms with Crippen molar-refractivity contribution in [2.45, 2.75) is 59.0 Å². The molecule has 7 heteroatoms. The molecule has 0 aromatic heterocycles. The summed E-state index contributed by atoms with van der Waals surface area (Å²) >= 11 is 0. The minimum atomic E-state index is -3.73. The van der Waals surface area contributed by atoms with Crippen LogP contribution in [0.25, 0.3) is 0 Å². The monoisotopic (exact) mass is 306 g/mol. The van der Waals surface area contributed by atoms with Gasteiger partial charge in [-0.15, -0.1) is 0 Å². The van der Waals surface area contributed by atoms with Crippen LogP contribution < -0.4 is 0 Å². The van der Waals surface area contributed by atoms with Gasteiger partial charge in [0.15, 0.2) is 0 Å². The molecule has 0 amide bonds. The first-order valence-corrected chi connectivity index (χ1v) is 8.59. The third kappa shape index (κ3) is 3.93. The van der Waals surface area contributed by atoms with E-state index in [2.05, 4.69) is 0 Å². The van der Waals surface area contributed by atoms with Gasteiger partial charge in [0.1, 0.15) is 6.04 Å². The first-order valence-electron chi connectivity index (χ1n) is 7.19. The standard InChI is InChI=1S/C13H26N2O4S/c1-10(2)9-15(11(3)4)20(18,19)14-8-6-5-7-12(14)13(16)17/h10-12H,5-9H2,1-4H3,(H,16,17). The zero-order valence-corrected chi connectivity index (χ0v) is 13.6. The molecule has 1 aliphatic rings. The molecular formula is C13H26N2O4S. The number of piperidine rings is 1. The van der Waals surface area contributed by atoms with Crippen molar-refractivity contribution in [1.82, 2.24) is 8.61 Å². The molecule has 118 valence electrons. The van der Waals surface area contributed by atoms with Crippen molar-refractivity contribution >= 4 is 16.2 Å². The molecule has 1 unspecified atom stereocenters. The van der Waals surface area contributed by atoms with Crippen LogP contribution in [0.4, 0.5) is 0 Å². The average Bonchev–Trinajstić information content (AvgIpc) is 2.35. The number of carbonyl (C=O) groups is 1. The van der Waals surface area contributed by atoms with Crippen LogP contribution >= 0.6 is 0 Å². The van der Waals surface area contributed by atoms with Gasteiger partial charge in [0.05, 0.1) is 0 Å². The molecule has 0 bridgehead atoms. The summed E-state index contributed by atoms with van der Waals surface area (Å²) in [6.45, 7) is 8.24. The van der Waals surface area contributed by atoms with Crippen molar-refractivity contribution in [2.24, 2.45) is 5.92 Å². The summed E-state index contributed by atoms with van der Waals surface area (Å²) in [5, 5.41) is 9.25. The van der Waals surface area contributed by atoms with Crippen LogP contribution in [0.15, 0.2) is 0 Å². The van der Waals surface area contributed by atoms with Gasteiger partial charge in [-0.05, 0) is 39.0 Å². The highest BCUT2D eigenvalue weighted by Crippen LogP contribution is 2.24. The number of rotatable bonds is 6. The molecule has 1 aliphatic heterocycles. The van der Waals surface area contributed by atoms with Gasteiger partial charge >= 0.3 is 5.97 Å². The highest BCUT2D eigenvalue weighted by atomic mass is 32.2. The Labute approximate surface area is 121 Å². The maximum absolute atomic E-state index is 12.8. The van der Waals surface area contributed by atoms with E-state index in [1.165, 1.54) is 8.61 Å². The highest BCUT2D eigenvalue weighted by molar-refractivity contribution is 7.86. The number of hydrogen-bond donors (Lipinski definition) is 1. The number of nitrogens with zero attached hydrogens (tertiary/aromatic N) is 2. The normalized spacial score (nSPS) is 21.9. The summed E-state index contributed by atoms with van der Waals surface area (Å²) in [6, 6.07) is -1.11. The number of carboxylic acid groups (broad SMARTS) is 1. The second kappa shape index (κ2) is 6.87. The summed E-state index contributed by atoms with van der Waals surface area (Å²) < 4.78 is 28.1. The van der Waals surface area contributed by atoms with Gasteiger partial charge in [-0.25, -0.2) is 0 Å². The lowest BCUT2D eigenvalue weighted by Crippen LogP contribution is -2.55. The molecule has 1 fully saturated rings. The predicted molar refractivity (Wildman–Crippen MR) is 77.6 cm³/mol. The van der Waals surface area contributed by atoms with Gasteiger partial charge in [-0.1, -0.05) is 13.8 Å². The van der Waals surface area contributed by atoms with E-state index in [0.29, 0.717) is 19.5 Å². The van der Waals surface area contributed by atoms with Crippen LogP contribution in [-0.4, -0.2) is 53.3 Å². The van der Waals surface area contributed by atoms with E-state index in [-0.39, 0.29) is 12.0 Å². The zero-order chi connectivity index (χ0) is 15.5. The fourth-order valence-electron chi connectivity index (χ4n) is 2.49. The quantitative estimate of drug-likeness (QED) is 0.807. The van der Waals surface area contributed by atoms with E-state index < -0.39 is 22.2 Å². The molecule has 6 nitrogen and oxygen atoms in total. The summed E-state index contributed by atoms with van der Waals surface area (Å²) in [6.07, 6.45) is 1.87. The molecule has 1 atom stereocenters. The van der Waals surface area contributed by atoms with Crippen molar-refractivity contribution in [3.05, 3.63) is 0 Å². The van der Waals surface area contributed by atoms with Crippen LogP contribution in [0, 0.1) is 5.92 Å². The van der Waals surface area contributed by atoms with Gasteiger partial charge in [-0.3, -0.25) is 4.79 Å². The molecule has 0 saturated carbocycles. The lowest BCUT2D eigenvalue weighted by molar-refractivity contribution is -0.142.